The third kappa shape index (κ3) is 3.63. The minimum absolute atomic E-state index is 0.00445. The van der Waals surface area contributed by atoms with Crippen LogP contribution in [0.25, 0.3) is 0 Å². The van der Waals surface area contributed by atoms with E-state index in [0.29, 0.717) is 24.2 Å². The number of carbonyl (C=O) groups is 2. The van der Waals surface area contributed by atoms with Crippen molar-refractivity contribution in [2.24, 2.45) is 0 Å². The molecule has 4 nitrogen and oxygen atoms in total. The van der Waals surface area contributed by atoms with E-state index >= 15 is 0 Å². The first-order chi connectivity index (χ1) is 12.1. The fourth-order valence-corrected chi connectivity index (χ4v) is 3.07. The Balaban J connectivity index is 1.86. The number of nitrogens with one attached hydrogen (secondary N) is 1. The van der Waals surface area contributed by atoms with Crippen molar-refractivity contribution in [1.29, 1.82) is 0 Å². The maximum absolute atomic E-state index is 12.9. The molecule has 2 aromatic rings. The second kappa shape index (κ2) is 7.34. The van der Waals surface area contributed by atoms with Gasteiger partial charge >= 0.3 is 0 Å². The van der Waals surface area contributed by atoms with Gasteiger partial charge in [0.1, 0.15) is 0 Å². The molecule has 1 heterocycles. The van der Waals surface area contributed by atoms with Gasteiger partial charge < -0.3 is 10.2 Å². The molecule has 0 spiro atoms. The zero-order valence-electron chi connectivity index (χ0n) is 14.4. The number of hydrogen-bond donors (Lipinski definition) is 1. The van der Waals surface area contributed by atoms with Crippen molar-refractivity contribution in [3.63, 3.8) is 0 Å². The van der Waals surface area contributed by atoms with Crippen molar-refractivity contribution in [3.05, 3.63) is 77.4 Å². The Labute approximate surface area is 148 Å². The Morgan fingerprint density at radius 3 is 2.60 bits per heavy atom. The molecule has 0 saturated carbocycles. The monoisotopic (exact) mass is 334 g/mol. The molecule has 0 fully saturated rings. The lowest BCUT2D eigenvalue weighted by atomic mass is 9.98. The average Bonchev–Trinajstić information content (AvgIpc) is 2.65. The molecule has 0 radical (unpaired) electrons. The Kier molecular flexibility index (Phi) is 4.98. The van der Waals surface area contributed by atoms with E-state index in [2.05, 4.69) is 11.9 Å². The van der Waals surface area contributed by atoms with Crippen molar-refractivity contribution in [2.75, 3.05) is 18.0 Å². The topological polar surface area (TPSA) is 49.4 Å². The van der Waals surface area contributed by atoms with Gasteiger partial charge in [0.2, 0.25) is 0 Å². The van der Waals surface area contributed by atoms with E-state index in [0.717, 1.165) is 29.7 Å². The second-order valence-corrected chi connectivity index (χ2v) is 6.27. The number of rotatable bonds is 4. The predicted molar refractivity (Wildman–Crippen MR) is 100 cm³/mol. The fraction of sp³-hybridized carbons (Fsp3) is 0.238. The largest absolute Gasteiger partial charge is 0.349 e. The standard InChI is InChI=1S/C21H22N2O2/c1-3-12-22-20(24)18-10-11-19-17(14-18)5-4-13-23(19)21(25)16-8-6-15(2)7-9-16/h3,6-11,14H,1,4-5,12-13H2,2H3,(H,22,24). The number of benzene rings is 2. The molecule has 2 aromatic carbocycles. The molecule has 1 aliphatic heterocycles. The van der Waals surface area contributed by atoms with Gasteiger partial charge in [0.15, 0.2) is 0 Å². The highest BCUT2D eigenvalue weighted by molar-refractivity contribution is 6.07. The molecular weight excluding hydrogens is 312 g/mol. The molecule has 4 heteroatoms. The van der Waals surface area contributed by atoms with Crippen LogP contribution in [0.2, 0.25) is 0 Å². The van der Waals surface area contributed by atoms with Crippen LogP contribution >= 0.6 is 0 Å². The van der Waals surface area contributed by atoms with Crippen LogP contribution in [0.3, 0.4) is 0 Å². The minimum Gasteiger partial charge on any atom is -0.349 e. The quantitative estimate of drug-likeness (QED) is 0.870. The third-order valence-electron chi connectivity index (χ3n) is 4.41. The van der Waals surface area contributed by atoms with E-state index in [1.165, 1.54) is 0 Å². The van der Waals surface area contributed by atoms with Crippen LogP contribution in [-0.2, 0) is 6.42 Å². The highest BCUT2D eigenvalue weighted by atomic mass is 16.2. The van der Waals surface area contributed by atoms with Crippen molar-refractivity contribution in [3.8, 4) is 0 Å². The summed E-state index contributed by atoms with van der Waals surface area (Å²) in [6, 6.07) is 13.2. The van der Waals surface area contributed by atoms with Crippen LogP contribution < -0.4 is 10.2 Å². The molecular formula is C21H22N2O2. The van der Waals surface area contributed by atoms with E-state index in [1.54, 1.807) is 12.1 Å². The molecule has 0 unspecified atom stereocenters. The molecule has 0 saturated heterocycles. The van der Waals surface area contributed by atoms with Gasteiger partial charge in [-0.05, 0) is 55.7 Å². The predicted octanol–water partition coefficient (Wildman–Crippen LogP) is 3.50. The Hall–Kier alpha value is -2.88. The van der Waals surface area contributed by atoms with Gasteiger partial charge in [-0.15, -0.1) is 6.58 Å². The lowest BCUT2D eigenvalue weighted by Crippen LogP contribution is -2.35. The van der Waals surface area contributed by atoms with Crippen LogP contribution in [0.1, 0.15) is 38.3 Å². The molecule has 1 N–H and O–H groups in total. The third-order valence-corrected chi connectivity index (χ3v) is 4.41. The number of nitrogens with zero attached hydrogens (tertiary/aromatic N) is 1. The summed E-state index contributed by atoms with van der Waals surface area (Å²) in [5.74, 6) is -0.116. The van der Waals surface area contributed by atoms with E-state index in [-0.39, 0.29) is 11.8 Å². The zero-order chi connectivity index (χ0) is 17.8. The zero-order valence-corrected chi connectivity index (χ0v) is 14.4. The summed E-state index contributed by atoms with van der Waals surface area (Å²) >= 11 is 0. The summed E-state index contributed by atoms with van der Waals surface area (Å²) in [7, 11) is 0. The fourth-order valence-electron chi connectivity index (χ4n) is 3.07. The van der Waals surface area contributed by atoms with Gasteiger partial charge in [-0.2, -0.15) is 0 Å². The number of amides is 2. The number of aryl methyl sites for hydroxylation is 2. The van der Waals surface area contributed by atoms with Crippen LogP contribution in [0.5, 0.6) is 0 Å². The summed E-state index contributed by atoms with van der Waals surface area (Å²) in [6.45, 7) is 6.74. The van der Waals surface area contributed by atoms with Crippen LogP contribution in [0.15, 0.2) is 55.1 Å². The molecule has 2 amide bonds. The molecule has 128 valence electrons. The maximum atomic E-state index is 12.9. The second-order valence-electron chi connectivity index (χ2n) is 6.27. The van der Waals surface area contributed by atoms with Gasteiger partial charge in [0, 0.05) is 29.9 Å². The SMILES string of the molecule is C=CCNC(=O)c1ccc2c(c1)CCCN2C(=O)c1ccc(C)cc1. The average molecular weight is 334 g/mol. The van der Waals surface area contributed by atoms with Gasteiger partial charge in [-0.3, -0.25) is 9.59 Å². The molecule has 0 aliphatic carbocycles. The molecule has 0 atom stereocenters. The highest BCUT2D eigenvalue weighted by Gasteiger charge is 2.24. The van der Waals surface area contributed by atoms with Crippen molar-refractivity contribution < 1.29 is 9.59 Å². The number of hydrogen-bond acceptors (Lipinski definition) is 2. The molecule has 25 heavy (non-hydrogen) atoms. The van der Waals surface area contributed by atoms with Crippen LogP contribution in [-0.4, -0.2) is 24.9 Å². The van der Waals surface area contributed by atoms with E-state index in [9.17, 15) is 9.59 Å². The van der Waals surface area contributed by atoms with Gasteiger partial charge in [-0.1, -0.05) is 23.8 Å². The first kappa shape index (κ1) is 17.0. The summed E-state index contributed by atoms with van der Waals surface area (Å²) in [5, 5.41) is 2.78. The smallest absolute Gasteiger partial charge is 0.258 e. The minimum atomic E-state index is -0.121. The maximum Gasteiger partial charge on any atom is 0.258 e. The summed E-state index contributed by atoms with van der Waals surface area (Å²) < 4.78 is 0. The highest BCUT2D eigenvalue weighted by Crippen LogP contribution is 2.29. The Bertz CT molecular complexity index is 809. The number of carbonyl (C=O) groups excluding carboxylic acids is 2. The Morgan fingerprint density at radius 2 is 1.88 bits per heavy atom. The number of anilines is 1. The van der Waals surface area contributed by atoms with Crippen molar-refractivity contribution in [1.82, 2.24) is 5.32 Å². The molecule has 1 aliphatic rings. The van der Waals surface area contributed by atoms with Crippen molar-refractivity contribution >= 4 is 17.5 Å². The van der Waals surface area contributed by atoms with Gasteiger partial charge in [0.05, 0.1) is 0 Å². The summed E-state index contributed by atoms with van der Waals surface area (Å²) in [5.41, 5.74) is 4.37. The molecule has 3 rings (SSSR count). The van der Waals surface area contributed by atoms with E-state index in [4.69, 9.17) is 0 Å². The van der Waals surface area contributed by atoms with Gasteiger partial charge in [0.25, 0.3) is 11.8 Å². The van der Waals surface area contributed by atoms with Crippen LogP contribution in [0.4, 0.5) is 5.69 Å². The first-order valence-electron chi connectivity index (χ1n) is 8.50. The first-order valence-corrected chi connectivity index (χ1v) is 8.50. The number of fused-ring (bicyclic) bond motifs is 1. The summed E-state index contributed by atoms with van der Waals surface area (Å²) in [4.78, 5) is 26.8. The summed E-state index contributed by atoms with van der Waals surface area (Å²) in [6.07, 6.45) is 3.41. The van der Waals surface area contributed by atoms with E-state index < -0.39 is 0 Å². The molecule has 0 aromatic heterocycles. The van der Waals surface area contributed by atoms with Gasteiger partial charge in [-0.25, -0.2) is 0 Å². The Morgan fingerprint density at radius 1 is 1.16 bits per heavy atom. The lowest BCUT2D eigenvalue weighted by Gasteiger charge is -2.30. The van der Waals surface area contributed by atoms with E-state index in [1.807, 2.05) is 48.2 Å². The molecule has 0 bridgehead atoms. The van der Waals surface area contributed by atoms with Crippen LogP contribution in [0, 0.1) is 6.92 Å². The lowest BCUT2D eigenvalue weighted by molar-refractivity contribution is 0.0956. The van der Waals surface area contributed by atoms with Crippen molar-refractivity contribution in [2.45, 2.75) is 19.8 Å². The normalized spacial score (nSPS) is 13.1.